The maximum atomic E-state index is 13.5. The van der Waals surface area contributed by atoms with Crippen LogP contribution in [0.1, 0.15) is 42.1 Å². The van der Waals surface area contributed by atoms with Gasteiger partial charge in [0.15, 0.2) is 0 Å². The zero-order valence-corrected chi connectivity index (χ0v) is 16.5. The lowest BCUT2D eigenvalue weighted by Gasteiger charge is -2.19. The number of benzene rings is 1. The third-order valence-electron chi connectivity index (χ3n) is 4.17. The van der Waals surface area contributed by atoms with Crippen LogP contribution in [0, 0.1) is 0 Å². The fourth-order valence-electron chi connectivity index (χ4n) is 2.72. The molecular weight excluding hydrogens is 458 g/mol. The number of hydrogen-bond donors (Lipinski definition) is 0. The molecule has 1 heterocycles. The number of rotatable bonds is 3. The van der Waals surface area contributed by atoms with Crippen LogP contribution in [-0.2, 0) is 25.9 Å². The van der Waals surface area contributed by atoms with E-state index in [4.69, 9.17) is 0 Å². The Morgan fingerprint density at radius 3 is 2.04 bits per heavy atom. The Morgan fingerprint density at radius 1 is 1.00 bits per heavy atom. The molecule has 0 atom stereocenters. The summed E-state index contributed by atoms with van der Waals surface area (Å²) >= 11 is 2.87. The first-order chi connectivity index (χ1) is 12.6. The van der Waals surface area contributed by atoms with Gasteiger partial charge < -0.3 is 0 Å². The Labute approximate surface area is 163 Å². The molecule has 0 bridgehead atoms. The van der Waals surface area contributed by atoms with Gasteiger partial charge in [0.05, 0.1) is 12.1 Å². The minimum absolute atomic E-state index is 0.163. The highest BCUT2D eigenvalue weighted by molar-refractivity contribution is 9.10. The van der Waals surface area contributed by atoms with Crippen molar-refractivity contribution in [3.8, 4) is 0 Å². The van der Waals surface area contributed by atoms with E-state index in [1.54, 1.807) is 13.8 Å². The van der Waals surface area contributed by atoms with Crippen molar-refractivity contribution in [2.45, 2.75) is 38.7 Å². The zero-order chi connectivity index (χ0) is 21.6. The first kappa shape index (κ1) is 22.3. The topological polar surface area (TPSA) is 44.0 Å². The van der Waals surface area contributed by atoms with Crippen molar-refractivity contribution >= 4 is 15.9 Å². The van der Waals surface area contributed by atoms with E-state index >= 15 is 0 Å². The Bertz CT molecular complexity index is 1020. The summed E-state index contributed by atoms with van der Waals surface area (Å²) in [6, 6.07) is 2.67. The third-order valence-corrected chi connectivity index (χ3v) is 4.79. The Morgan fingerprint density at radius 2 is 1.57 bits per heavy atom. The first-order valence-corrected chi connectivity index (χ1v) is 8.71. The molecule has 0 aliphatic rings. The van der Waals surface area contributed by atoms with E-state index in [9.17, 15) is 35.9 Å². The van der Waals surface area contributed by atoms with Gasteiger partial charge in [0, 0.05) is 17.6 Å². The first-order valence-electron chi connectivity index (χ1n) is 7.92. The van der Waals surface area contributed by atoms with Crippen LogP contribution in [0.25, 0.3) is 0 Å². The van der Waals surface area contributed by atoms with Crippen LogP contribution in [0.5, 0.6) is 0 Å². The SMILES string of the molecule is CC(C)c1cc(Br)c(C(F)(F)F)c(Cn2c(=O)cc(C(F)(F)F)n(C)c2=O)c1. The van der Waals surface area contributed by atoms with Gasteiger partial charge in [-0.25, -0.2) is 4.79 Å². The predicted octanol–water partition coefficient (Wildman–Crippen LogP) is 4.52. The lowest BCUT2D eigenvalue weighted by atomic mass is 9.97. The lowest BCUT2D eigenvalue weighted by Crippen LogP contribution is -2.42. The molecule has 0 fully saturated rings. The quantitative estimate of drug-likeness (QED) is 0.616. The van der Waals surface area contributed by atoms with Crippen LogP contribution in [0.3, 0.4) is 0 Å². The Balaban J connectivity index is 2.74. The summed E-state index contributed by atoms with van der Waals surface area (Å²) in [6.45, 7) is 2.65. The van der Waals surface area contributed by atoms with Gasteiger partial charge in [-0.15, -0.1) is 0 Å². The molecular formula is C17H15BrF6N2O2. The number of hydrogen-bond acceptors (Lipinski definition) is 2. The van der Waals surface area contributed by atoms with Gasteiger partial charge in [-0.1, -0.05) is 35.8 Å². The van der Waals surface area contributed by atoms with Crippen LogP contribution < -0.4 is 11.2 Å². The summed E-state index contributed by atoms with van der Waals surface area (Å²) in [5, 5.41) is 0. The highest BCUT2D eigenvalue weighted by Crippen LogP contribution is 2.39. The van der Waals surface area contributed by atoms with Gasteiger partial charge >= 0.3 is 18.0 Å². The van der Waals surface area contributed by atoms with Crippen LogP contribution in [0.4, 0.5) is 26.3 Å². The highest BCUT2D eigenvalue weighted by atomic mass is 79.9. The third kappa shape index (κ3) is 4.34. The predicted molar refractivity (Wildman–Crippen MR) is 93.3 cm³/mol. The maximum absolute atomic E-state index is 13.5. The molecule has 0 aliphatic heterocycles. The average Bonchev–Trinajstić information content (AvgIpc) is 2.51. The number of alkyl halides is 6. The van der Waals surface area contributed by atoms with E-state index in [0.29, 0.717) is 10.1 Å². The monoisotopic (exact) mass is 472 g/mol. The van der Waals surface area contributed by atoms with Gasteiger partial charge in [0.2, 0.25) is 0 Å². The maximum Gasteiger partial charge on any atom is 0.431 e. The largest absolute Gasteiger partial charge is 0.431 e. The average molecular weight is 473 g/mol. The molecule has 0 saturated carbocycles. The van der Waals surface area contributed by atoms with Gasteiger partial charge in [0.1, 0.15) is 5.69 Å². The molecule has 2 aromatic rings. The lowest BCUT2D eigenvalue weighted by molar-refractivity contribution is -0.144. The summed E-state index contributed by atoms with van der Waals surface area (Å²) in [6.07, 6.45) is -9.76. The standard InChI is InChI=1S/C17H15BrF6N2O2/c1-8(2)9-4-10(14(11(18)5-9)17(22,23)24)7-26-13(27)6-12(16(19,20)21)25(3)15(26)28/h4-6,8H,7H2,1-3H3. The molecule has 4 nitrogen and oxygen atoms in total. The van der Waals surface area contributed by atoms with Crippen molar-refractivity contribution in [3.63, 3.8) is 0 Å². The smallest absolute Gasteiger partial charge is 0.292 e. The fourth-order valence-corrected chi connectivity index (χ4v) is 3.46. The van der Waals surface area contributed by atoms with Crippen LogP contribution in [0.15, 0.2) is 32.3 Å². The van der Waals surface area contributed by atoms with Crippen molar-refractivity contribution in [1.82, 2.24) is 9.13 Å². The van der Waals surface area contributed by atoms with Crippen LogP contribution in [-0.4, -0.2) is 9.13 Å². The molecule has 0 aliphatic carbocycles. The van der Waals surface area contributed by atoms with Crippen LogP contribution >= 0.6 is 15.9 Å². The molecule has 0 saturated heterocycles. The molecule has 1 aromatic heterocycles. The van der Waals surface area contributed by atoms with E-state index < -0.39 is 47.0 Å². The van der Waals surface area contributed by atoms with Crippen molar-refractivity contribution < 1.29 is 26.3 Å². The minimum Gasteiger partial charge on any atom is -0.292 e. The summed E-state index contributed by atoms with van der Waals surface area (Å²) in [4.78, 5) is 24.3. The molecule has 11 heteroatoms. The number of halogens is 7. The molecule has 0 amide bonds. The van der Waals surface area contributed by atoms with Gasteiger partial charge in [-0.3, -0.25) is 13.9 Å². The second-order valence-electron chi connectivity index (χ2n) is 6.48. The second-order valence-corrected chi connectivity index (χ2v) is 7.34. The molecule has 0 radical (unpaired) electrons. The molecule has 0 unspecified atom stereocenters. The number of nitrogens with zero attached hydrogens (tertiary/aromatic N) is 2. The summed E-state index contributed by atoms with van der Waals surface area (Å²) in [5.41, 5.74) is -5.16. The molecule has 0 spiro atoms. The van der Waals surface area contributed by atoms with Crippen molar-refractivity contribution in [2.75, 3.05) is 0 Å². The summed E-state index contributed by atoms with van der Waals surface area (Å²) in [5.74, 6) is -0.163. The minimum atomic E-state index is -4.95. The zero-order valence-electron chi connectivity index (χ0n) is 14.9. The molecule has 1 aromatic carbocycles. The Hall–Kier alpha value is -2.04. The summed E-state index contributed by atoms with van der Waals surface area (Å²) < 4.78 is 79.5. The molecule has 0 N–H and O–H groups in total. The van der Waals surface area contributed by atoms with Gasteiger partial charge in [0.25, 0.3) is 5.56 Å². The fraction of sp³-hybridized carbons (Fsp3) is 0.412. The van der Waals surface area contributed by atoms with Crippen molar-refractivity contribution in [1.29, 1.82) is 0 Å². The molecule has 28 heavy (non-hydrogen) atoms. The van der Waals surface area contributed by atoms with Crippen molar-refractivity contribution in [2.24, 2.45) is 7.05 Å². The van der Waals surface area contributed by atoms with Gasteiger partial charge in [-0.05, 0) is 23.1 Å². The van der Waals surface area contributed by atoms with Crippen molar-refractivity contribution in [3.05, 3.63) is 65.9 Å². The second kappa shape index (κ2) is 7.41. The molecule has 154 valence electrons. The Kier molecular flexibility index (Phi) is 5.89. The van der Waals surface area contributed by atoms with Crippen LogP contribution in [0.2, 0.25) is 0 Å². The summed E-state index contributed by atoms with van der Waals surface area (Å²) in [7, 11) is 0.798. The molecule has 2 rings (SSSR count). The van der Waals surface area contributed by atoms with E-state index in [-0.39, 0.29) is 21.0 Å². The normalized spacial score (nSPS) is 12.7. The van der Waals surface area contributed by atoms with Gasteiger partial charge in [-0.2, -0.15) is 26.3 Å². The highest BCUT2D eigenvalue weighted by Gasteiger charge is 2.37. The van der Waals surface area contributed by atoms with E-state index in [1.807, 2.05) is 0 Å². The van der Waals surface area contributed by atoms with E-state index in [2.05, 4.69) is 15.9 Å². The number of aromatic nitrogens is 2. The van der Waals surface area contributed by atoms with E-state index in [1.165, 1.54) is 12.1 Å². The van der Waals surface area contributed by atoms with E-state index in [0.717, 1.165) is 7.05 Å².